The van der Waals surface area contributed by atoms with Gasteiger partial charge in [0.1, 0.15) is 11.4 Å². The van der Waals surface area contributed by atoms with E-state index in [1.165, 1.54) is 25.7 Å². The number of aromatic nitrogens is 6. The molecule has 0 aliphatic heterocycles. The van der Waals surface area contributed by atoms with Crippen molar-refractivity contribution >= 4 is 0 Å². The van der Waals surface area contributed by atoms with Crippen molar-refractivity contribution in [1.82, 2.24) is 30.0 Å². The van der Waals surface area contributed by atoms with Crippen molar-refractivity contribution in [2.75, 3.05) is 0 Å². The van der Waals surface area contributed by atoms with Gasteiger partial charge in [-0.25, -0.2) is 0 Å². The molecule has 27 heavy (non-hydrogen) atoms. The Hall–Kier alpha value is -1.76. The Balaban J connectivity index is 1.61. The van der Waals surface area contributed by atoms with Crippen molar-refractivity contribution in [3.63, 3.8) is 0 Å². The van der Waals surface area contributed by atoms with Crippen LogP contribution in [0.5, 0.6) is 0 Å². The van der Waals surface area contributed by atoms with E-state index in [9.17, 15) is 0 Å². The minimum atomic E-state index is 0.452. The van der Waals surface area contributed by atoms with Crippen molar-refractivity contribution in [1.29, 1.82) is 0 Å². The predicted molar refractivity (Wildman–Crippen MR) is 106 cm³/mol. The Morgan fingerprint density at radius 1 is 0.741 bits per heavy atom. The molecule has 0 atom stereocenters. The van der Waals surface area contributed by atoms with Crippen LogP contribution in [0.15, 0.2) is 12.4 Å². The number of hydrogen-bond donors (Lipinski definition) is 0. The molecule has 0 aliphatic carbocycles. The van der Waals surface area contributed by atoms with Gasteiger partial charge >= 0.3 is 0 Å². The van der Waals surface area contributed by atoms with E-state index >= 15 is 0 Å². The molecule has 2 rings (SSSR count). The largest absolute Gasteiger partial charge is 0.369 e. The lowest BCUT2D eigenvalue weighted by Gasteiger charge is -2.03. The van der Waals surface area contributed by atoms with Crippen molar-refractivity contribution < 1.29 is 4.74 Å². The van der Waals surface area contributed by atoms with Crippen LogP contribution in [0.1, 0.15) is 77.6 Å². The lowest BCUT2D eigenvalue weighted by molar-refractivity contribution is 0.102. The van der Waals surface area contributed by atoms with Crippen LogP contribution in [0, 0.1) is 11.8 Å². The second kappa shape index (κ2) is 11.8. The third-order valence-electron chi connectivity index (χ3n) is 4.51. The van der Waals surface area contributed by atoms with E-state index in [1.54, 1.807) is 0 Å². The Kier molecular flexibility index (Phi) is 9.45. The highest BCUT2D eigenvalue weighted by molar-refractivity contribution is 4.92. The van der Waals surface area contributed by atoms with E-state index < -0.39 is 0 Å². The third-order valence-corrected chi connectivity index (χ3v) is 4.51. The van der Waals surface area contributed by atoms with Gasteiger partial charge < -0.3 is 4.74 Å². The highest BCUT2D eigenvalue weighted by Crippen LogP contribution is 2.09. The quantitative estimate of drug-likeness (QED) is 0.461. The number of rotatable bonds is 14. The van der Waals surface area contributed by atoms with Gasteiger partial charge in [0.15, 0.2) is 0 Å². The number of aryl methyl sites for hydroxylation is 2. The van der Waals surface area contributed by atoms with Gasteiger partial charge in [-0.1, -0.05) is 63.8 Å². The van der Waals surface area contributed by atoms with E-state index in [2.05, 4.69) is 48.3 Å². The molecular formula is C20H36N6O. The zero-order chi connectivity index (χ0) is 19.5. The van der Waals surface area contributed by atoms with Crippen LogP contribution < -0.4 is 0 Å². The second-order valence-electron chi connectivity index (χ2n) is 8.22. The number of nitrogens with zero attached hydrogens (tertiary/aromatic N) is 6. The zero-order valence-electron chi connectivity index (χ0n) is 17.5. The molecule has 0 radical (unpaired) electrons. The average Bonchev–Trinajstić information content (AvgIpc) is 3.25. The summed E-state index contributed by atoms with van der Waals surface area (Å²) in [6.07, 6.45) is 11.2. The predicted octanol–water partition coefficient (Wildman–Crippen LogP) is 4.24. The first-order valence-corrected chi connectivity index (χ1v) is 10.4. The summed E-state index contributed by atoms with van der Waals surface area (Å²) >= 11 is 0. The fourth-order valence-corrected chi connectivity index (χ4v) is 2.94. The summed E-state index contributed by atoms with van der Waals surface area (Å²) in [6, 6.07) is 0. The molecular weight excluding hydrogens is 340 g/mol. The second-order valence-corrected chi connectivity index (χ2v) is 8.22. The summed E-state index contributed by atoms with van der Waals surface area (Å²) in [7, 11) is 0. The first-order valence-electron chi connectivity index (χ1n) is 10.4. The monoisotopic (exact) mass is 376 g/mol. The maximum Gasteiger partial charge on any atom is 0.108 e. The molecule has 0 unspecified atom stereocenters. The Labute approximate surface area is 163 Å². The smallest absolute Gasteiger partial charge is 0.108 e. The topological polar surface area (TPSA) is 70.7 Å². The van der Waals surface area contributed by atoms with Crippen molar-refractivity contribution in [2.45, 2.75) is 92.5 Å². The molecule has 2 heterocycles. The van der Waals surface area contributed by atoms with Gasteiger partial charge in [0.25, 0.3) is 0 Å². The molecule has 2 aromatic rings. The number of hydrogen-bond acceptors (Lipinski definition) is 5. The SMILES string of the molecule is CC(C)CCCCn1cc(COCc2cn(CCCCC(C)C)nn2)nn1. The van der Waals surface area contributed by atoms with Crippen LogP contribution in [0.25, 0.3) is 0 Å². The standard InChI is InChI=1S/C20H36N6O/c1-17(2)9-5-7-11-25-13-19(21-23-25)15-27-16-20-14-26(24-22-20)12-8-6-10-18(3)4/h13-14,17-18H,5-12,15-16H2,1-4H3. The summed E-state index contributed by atoms with van der Waals surface area (Å²) in [5, 5.41) is 16.7. The summed E-state index contributed by atoms with van der Waals surface area (Å²) in [6.45, 7) is 11.8. The number of unbranched alkanes of at least 4 members (excludes halogenated alkanes) is 2. The fourth-order valence-electron chi connectivity index (χ4n) is 2.94. The molecule has 0 N–H and O–H groups in total. The Morgan fingerprint density at radius 2 is 1.19 bits per heavy atom. The summed E-state index contributed by atoms with van der Waals surface area (Å²) < 4.78 is 9.53. The summed E-state index contributed by atoms with van der Waals surface area (Å²) in [4.78, 5) is 0. The van der Waals surface area contributed by atoms with Crippen LogP contribution in [-0.4, -0.2) is 30.0 Å². The first kappa shape index (κ1) is 21.5. The summed E-state index contributed by atoms with van der Waals surface area (Å²) in [5.41, 5.74) is 1.72. The lowest BCUT2D eigenvalue weighted by Crippen LogP contribution is -1.99. The third kappa shape index (κ3) is 9.13. The molecule has 0 bridgehead atoms. The molecule has 0 saturated carbocycles. The highest BCUT2D eigenvalue weighted by atomic mass is 16.5. The van der Waals surface area contributed by atoms with Gasteiger partial charge in [-0.05, 0) is 24.7 Å². The zero-order valence-corrected chi connectivity index (χ0v) is 17.5. The molecule has 2 aromatic heterocycles. The normalized spacial score (nSPS) is 11.8. The van der Waals surface area contributed by atoms with Gasteiger partial charge in [0.2, 0.25) is 0 Å². The van der Waals surface area contributed by atoms with Gasteiger partial charge in [-0.3, -0.25) is 9.36 Å². The average molecular weight is 377 g/mol. The molecule has 152 valence electrons. The highest BCUT2D eigenvalue weighted by Gasteiger charge is 2.05. The first-order chi connectivity index (χ1) is 13.0. The van der Waals surface area contributed by atoms with E-state index in [4.69, 9.17) is 4.74 Å². The van der Waals surface area contributed by atoms with E-state index in [0.717, 1.165) is 49.2 Å². The van der Waals surface area contributed by atoms with Gasteiger partial charge in [0, 0.05) is 13.1 Å². The molecule has 0 aromatic carbocycles. The lowest BCUT2D eigenvalue weighted by atomic mass is 10.1. The van der Waals surface area contributed by atoms with E-state index in [-0.39, 0.29) is 0 Å². The van der Waals surface area contributed by atoms with E-state index in [1.807, 2.05) is 21.8 Å². The van der Waals surface area contributed by atoms with Crippen LogP contribution in [0.3, 0.4) is 0 Å². The molecule has 0 saturated heterocycles. The van der Waals surface area contributed by atoms with Crippen molar-refractivity contribution in [3.8, 4) is 0 Å². The molecule has 0 spiro atoms. The van der Waals surface area contributed by atoms with Crippen LogP contribution in [-0.2, 0) is 31.0 Å². The molecule has 7 nitrogen and oxygen atoms in total. The van der Waals surface area contributed by atoms with Crippen LogP contribution in [0.2, 0.25) is 0 Å². The molecule has 0 fully saturated rings. The van der Waals surface area contributed by atoms with E-state index in [0.29, 0.717) is 13.2 Å². The number of ether oxygens (including phenoxy) is 1. The van der Waals surface area contributed by atoms with Crippen LogP contribution >= 0.6 is 0 Å². The molecule has 0 amide bonds. The summed E-state index contributed by atoms with van der Waals surface area (Å²) in [5.74, 6) is 1.53. The Morgan fingerprint density at radius 3 is 1.59 bits per heavy atom. The van der Waals surface area contributed by atoms with Gasteiger partial charge in [0.05, 0.1) is 25.6 Å². The van der Waals surface area contributed by atoms with Crippen molar-refractivity contribution in [2.24, 2.45) is 11.8 Å². The minimum absolute atomic E-state index is 0.452. The molecule has 7 heteroatoms. The fraction of sp³-hybridized carbons (Fsp3) is 0.800. The minimum Gasteiger partial charge on any atom is -0.369 e. The Bertz CT molecular complexity index is 580. The maximum atomic E-state index is 5.71. The van der Waals surface area contributed by atoms with Crippen LogP contribution in [0.4, 0.5) is 0 Å². The van der Waals surface area contributed by atoms with Gasteiger partial charge in [-0.15, -0.1) is 10.2 Å². The van der Waals surface area contributed by atoms with Crippen molar-refractivity contribution in [3.05, 3.63) is 23.8 Å². The maximum absolute atomic E-state index is 5.71. The molecule has 0 aliphatic rings. The van der Waals surface area contributed by atoms with Gasteiger partial charge in [-0.2, -0.15) is 0 Å².